The molecule has 3 heterocycles. The first-order chi connectivity index (χ1) is 14.3. The van der Waals surface area contributed by atoms with Crippen molar-refractivity contribution in [2.24, 2.45) is 0 Å². The number of carbonyl (C=O) groups excluding carboxylic acids is 2. The number of carbonyl (C=O) groups is 2. The quantitative estimate of drug-likeness (QED) is 0.802. The number of halogens is 3. The van der Waals surface area contributed by atoms with Crippen molar-refractivity contribution in [3.8, 4) is 0 Å². The summed E-state index contributed by atoms with van der Waals surface area (Å²) in [6, 6.07) is 2.20. The van der Waals surface area contributed by atoms with Crippen LogP contribution in [0.15, 0.2) is 22.7 Å². The van der Waals surface area contributed by atoms with Crippen LogP contribution in [-0.2, 0) is 17.7 Å². The van der Waals surface area contributed by atoms with Crippen molar-refractivity contribution in [3.63, 3.8) is 0 Å². The van der Waals surface area contributed by atoms with E-state index in [4.69, 9.17) is 9.26 Å². The Hall–Kier alpha value is -3.24. The lowest BCUT2D eigenvalue weighted by atomic mass is 10.0. The number of fused-ring (bicyclic) bond motifs is 1. The molecule has 0 aliphatic carbocycles. The fraction of sp³-hybridized carbons (Fsp3) is 0.421. The highest BCUT2D eigenvalue weighted by molar-refractivity contribution is 5.90. The van der Waals surface area contributed by atoms with E-state index in [0.29, 0.717) is 37.3 Å². The molecule has 2 aliphatic heterocycles. The number of alkyl halides is 2. The largest absolute Gasteiger partial charge is 0.449 e. The van der Waals surface area contributed by atoms with Gasteiger partial charge in [0.25, 0.3) is 6.43 Å². The molecule has 0 spiro atoms. The lowest BCUT2D eigenvalue weighted by molar-refractivity contribution is 0.137. The van der Waals surface area contributed by atoms with Gasteiger partial charge in [0.2, 0.25) is 5.88 Å². The molecular weight excluding hydrogens is 405 g/mol. The van der Waals surface area contributed by atoms with E-state index >= 15 is 0 Å². The fourth-order valence-electron chi connectivity index (χ4n) is 3.57. The highest BCUT2D eigenvalue weighted by Gasteiger charge is 2.36. The molecule has 0 bridgehead atoms. The number of urea groups is 1. The van der Waals surface area contributed by atoms with Crippen LogP contribution in [0, 0.1) is 5.82 Å². The third-order valence-corrected chi connectivity index (χ3v) is 5.16. The molecule has 11 heteroatoms. The fourth-order valence-corrected chi connectivity index (χ4v) is 3.57. The monoisotopic (exact) mass is 424 g/mol. The number of aromatic nitrogens is 1. The first-order valence-corrected chi connectivity index (χ1v) is 9.42. The van der Waals surface area contributed by atoms with Crippen molar-refractivity contribution < 1.29 is 32.0 Å². The van der Waals surface area contributed by atoms with Crippen molar-refractivity contribution >= 4 is 23.7 Å². The highest BCUT2D eigenvalue weighted by atomic mass is 19.3. The number of rotatable bonds is 3. The van der Waals surface area contributed by atoms with Crippen molar-refractivity contribution in [1.82, 2.24) is 10.1 Å². The summed E-state index contributed by atoms with van der Waals surface area (Å²) in [5.41, 5.74) is 0.503. The molecule has 160 valence electrons. The number of ether oxygens (including phenoxy) is 1. The predicted molar refractivity (Wildman–Crippen MR) is 98.9 cm³/mol. The summed E-state index contributed by atoms with van der Waals surface area (Å²) in [7, 11) is 0. The maximum absolute atomic E-state index is 13.5. The summed E-state index contributed by atoms with van der Waals surface area (Å²) in [4.78, 5) is 27.7. The maximum atomic E-state index is 13.5. The topological polar surface area (TPSA) is 87.9 Å². The minimum absolute atomic E-state index is 0.0554. The Morgan fingerprint density at radius 1 is 1.37 bits per heavy atom. The molecule has 1 N–H and O–H groups in total. The van der Waals surface area contributed by atoms with E-state index in [1.165, 1.54) is 15.9 Å². The Kier molecular flexibility index (Phi) is 5.27. The summed E-state index contributed by atoms with van der Waals surface area (Å²) in [6.45, 7) is 2.65. The van der Waals surface area contributed by atoms with Gasteiger partial charge in [0.1, 0.15) is 5.82 Å². The second-order valence-electron chi connectivity index (χ2n) is 7.18. The second kappa shape index (κ2) is 7.88. The van der Waals surface area contributed by atoms with Crippen LogP contribution in [0.3, 0.4) is 0 Å². The van der Waals surface area contributed by atoms with Gasteiger partial charge in [-0.2, -0.15) is 0 Å². The van der Waals surface area contributed by atoms with E-state index in [1.807, 2.05) is 0 Å². The van der Waals surface area contributed by atoms with Crippen LogP contribution in [0.2, 0.25) is 0 Å². The zero-order chi connectivity index (χ0) is 21.4. The zero-order valence-electron chi connectivity index (χ0n) is 16.0. The predicted octanol–water partition coefficient (Wildman–Crippen LogP) is 4.08. The van der Waals surface area contributed by atoms with Gasteiger partial charge in [-0.15, -0.1) is 0 Å². The Labute approximate surface area is 169 Å². The van der Waals surface area contributed by atoms with Gasteiger partial charge in [-0.1, -0.05) is 5.16 Å². The molecule has 0 radical (unpaired) electrons. The number of hydrogen-bond acceptors (Lipinski definition) is 5. The standard InChI is InChI=1S/C19H19F3N4O4/c1-10-7-15-13(17(30-24-15)25-5-2-6-29-19(25)28)9-26(10)18(27)23-11-3-4-14(20)12(8-11)16(21)22/h3-4,8,10,16H,2,5-7,9H2,1H3,(H,23,27). The van der Waals surface area contributed by atoms with Crippen LogP contribution < -0.4 is 10.2 Å². The number of nitrogens with zero attached hydrogens (tertiary/aromatic N) is 3. The van der Waals surface area contributed by atoms with Gasteiger partial charge >= 0.3 is 12.1 Å². The summed E-state index contributed by atoms with van der Waals surface area (Å²) < 4.78 is 49.7. The number of nitrogens with one attached hydrogen (secondary N) is 1. The third kappa shape index (κ3) is 3.66. The van der Waals surface area contributed by atoms with E-state index in [2.05, 4.69) is 10.5 Å². The Morgan fingerprint density at radius 3 is 2.90 bits per heavy atom. The summed E-state index contributed by atoms with van der Waals surface area (Å²) >= 11 is 0. The van der Waals surface area contributed by atoms with Gasteiger partial charge < -0.3 is 19.5 Å². The third-order valence-electron chi connectivity index (χ3n) is 5.16. The number of benzene rings is 1. The molecule has 1 unspecified atom stereocenters. The molecule has 2 aliphatic rings. The molecule has 30 heavy (non-hydrogen) atoms. The molecule has 1 saturated heterocycles. The minimum atomic E-state index is -3.00. The average Bonchev–Trinajstić information content (AvgIpc) is 3.11. The first-order valence-electron chi connectivity index (χ1n) is 9.42. The smallest absolute Gasteiger partial charge is 0.416 e. The Bertz CT molecular complexity index is 981. The van der Waals surface area contributed by atoms with Gasteiger partial charge in [0.05, 0.1) is 30.0 Å². The SMILES string of the molecule is CC1Cc2noc(N3CCCOC3=O)c2CN1C(=O)Nc1ccc(F)c(C(F)F)c1. The van der Waals surface area contributed by atoms with Crippen LogP contribution in [-0.4, -0.2) is 41.4 Å². The van der Waals surface area contributed by atoms with Gasteiger partial charge in [0.15, 0.2) is 0 Å². The van der Waals surface area contributed by atoms with Crippen molar-refractivity contribution in [2.45, 2.75) is 38.8 Å². The molecule has 0 saturated carbocycles. The lowest BCUT2D eigenvalue weighted by Gasteiger charge is -2.33. The van der Waals surface area contributed by atoms with Crippen LogP contribution >= 0.6 is 0 Å². The molecule has 2 aromatic rings. The van der Waals surface area contributed by atoms with E-state index in [1.54, 1.807) is 6.92 Å². The molecule has 1 atom stereocenters. The number of hydrogen-bond donors (Lipinski definition) is 1. The van der Waals surface area contributed by atoms with Crippen LogP contribution in [0.5, 0.6) is 0 Å². The average molecular weight is 424 g/mol. The molecule has 3 amide bonds. The number of amides is 3. The maximum Gasteiger partial charge on any atom is 0.416 e. The summed E-state index contributed by atoms with van der Waals surface area (Å²) in [5.74, 6) is -0.803. The number of cyclic esters (lactones) is 1. The van der Waals surface area contributed by atoms with Crippen LogP contribution in [0.1, 0.15) is 36.6 Å². The zero-order valence-corrected chi connectivity index (χ0v) is 16.0. The summed E-state index contributed by atoms with van der Waals surface area (Å²) in [6.07, 6.45) is -2.51. The molecule has 4 rings (SSSR count). The van der Waals surface area contributed by atoms with E-state index in [-0.39, 0.29) is 24.2 Å². The Morgan fingerprint density at radius 2 is 2.17 bits per heavy atom. The van der Waals surface area contributed by atoms with E-state index in [9.17, 15) is 22.8 Å². The second-order valence-corrected chi connectivity index (χ2v) is 7.18. The highest BCUT2D eigenvalue weighted by Crippen LogP contribution is 2.33. The van der Waals surface area contributed by atoms with Crippen LogP contribution in [0.25, 0.3) is 0 Å². The van der Waals surface area contributed by atoms with Gasteiger partial charge in [0, 0.05) is 24.7 Å². The molecule has 1 aromatic carbocycles. The minimum Gasteiger partial charge on any atom is -0.449 e. The normalized spacial score (nSPS) is 19.0. The van der Waals surface area contributed by atoms with Crippen molar-refractivity contribution in [2.75, 3.05) is 23.4 Å². The van der Waals surface area contributed by atoms with Crippen molar-refractivity contribution in [1.29, 1.82) is 0 Å². The van der Waals surface area contributed by atoms with E-state index in [0.717, 1.165) is 12.1 Å². The molecular formula is C19H19F3N4O4. The summed E-state index contributed by atoms with van der Waals surface area (Å²) in [5, 5.41) is 6.55. The van der Waals surface area contributed by atoms with Gasteiger partial charge in [-0.25, -0.2) is 27.7 Å². The van der Waals surface area contributed by atoms with Crippen molar-refractivity contribution in [3.05, 3.63) is 40.8 Å². The molecule has 8 nitrogen and oxygen atoms in total. The van der Waals surface area contributed by atoms with Crippen LogP contribution in [0.4, 0.5) is 34.3 Å². The lowest BCUT2D eigenvalue weighted by Crippen LogP contribution is -2.45. The molecule has 1 aromatic heterocycles. The van der Waals surface area contributed by atoms with E-state index < -0.39 is 29.9 Å². The van der Waals surface area contributed by atoms with Gasteiger partial charge in [-0.05, 0) is 31.5 Å². The van der Waals surface area contributed by atoms with Gasteiger partial charge in [-0.3, -0.25) is 0 Å². The molecule has 1 fully saturated rings. The Balaban J connectivity index is 1.54. The first kappa shape index (κ1) is 20.0. The number of anilines is 2.